The summed E-state index contributed by atoms with van der Waals surface area (Å²) >= 11 is 5.72. The van der Waals surface area contributed by atoms with E-state index in [1.54, 1.807) is 30.5 Å². The van der Waals surface area contributed by atoms with Gasteiger partial charge in [-0.2, -0.15) is 5.10 Å². The van der Waals surface area contributed by atoms with Gasteiger partial charge >= 0.3 is 0 Å². The minimum absolute atomic E-state index is 0.0209. The molecule has 2 aromatic rings. The van der Waals surface area contributed by atoms with E-state index in [9.17, 15) is 8.42 Å². The van der Waals surface area contributed by atoms with Crippen LogP contribution in [0.5, 0.6) is 0 Å². The maximum atomic E-state index is 12.1. The van der Waals surface area contributed by atoms with Crippen molar-refractivity contribution in [2.24, 2.45) is 5.73 Å². The number of hydrogen-bond acceptors (Lipinski definition) is 4. The van der Waals surface area contributed by atoms with Gasteiger partial charge in [-0.05, 0) is 17.7 Å². The second-order valence-corrected chi connectivity index (χ2v) is 6.63. The minimum atomic E-state index is -3.32. The SMILES string of the molecule is NCc1ccc(S(=O)(=O)CCn2cc(Cl)cn2)cc1. The van der Waals surface area contributed by atoms with Gasteiger partial charge < -0.3 is 5.73 Å². The van der Waals surface area contributed by atoms with E-state index in [-0.39, 0.29) is 12.3 Å². The molecule has 7 heteroatoms. The van der Waals surface area contributed by atoms with Crippen LogP contribution in [0, 0.1) is 0 Å². The van der Waals surface area contributed by atoms with Crippen LogP contribution in [0.2, 0.25) is 5.02 Å². The summed E-state index contributed by atoms with van der Waals surface area (Å²) in [5.41, 5.74) is 6.37. The first-order chi connectivity index (χ1) is 9.01. The number of aryl methyl sites for hydroxylation is 1. The summed E-state index contributed by atoms with van der Waals surface area (Å²) in [6.45, 7) is 0.666. The van der Waals surface area contributed by atoms with Crippen LogP contribution in [0.1, 0.15) is 5.56 Å². The highest BCUT2D eigenvalue weighted by molar-refractivity contribution is 7.91. The van der Waals surface area contributed by atoms with Crippen molar-refractivity contribution in [2.75, 3.05) is 5.75 Å². The lowest BCUT2D eigenvalue weighted by atomic mass is 10.2. The molecule has 0 fully saturated rings. The predicted octanol–water partition coefficient (Wildman–Crippen LogP) is 1.47. The summed E-state index contributed by atoms with van der Waals surface area (Å²) in [5, 5.41) is 4.43. The van der Waals surface area contributed by atoms with Crippen LogP contribution >= 0.6 is 11.6 Å². The van der Waals surface area contributed by atoms with Gasteiger partial charge in [0.2, 0.25) is 0 Å². The van der Waals surface area contributed by atoms with Crippen molar-refractivity contribution in [1.82, 2.24) is 9.78 Å². The van der Waals surface area contributed by atoms with E-state index in [0.717, 1.165) is 5.56 Å². The monoisotopic (exact) mass is 299 g/mol. The molecule has 0 bridgehead atoms. The quantitative estimate of drug-likeness (QED) is 0.907. The molecule has 0 aliphatic rings. The topological polar surface area (TPSA) is 78.0 Å². The highest BCUT2D eigenvalue weighted by Gasteiger charge is 2.14. The number of halogens is 1. The van der Waals surface area contributed by atoms with Gasteiger partial charge in [-0.25, -0.2) is 8.42 Å². The van der Waals surface area contributed by atoms with Gasteiger partial charge in [0.1, 0.15) is 0 Å². The molecule has 2 N–H and O–H groups in total. The van der Waals surface area contributed by atoms with Gasteiger partial charge in [-0.1, -0.05) is 23.7 Å². The third-order valence-electron chi connectivity index (χ3n) is 2.71. The number of nitrogens with two attached hydrogens (primary N) is 1. The van der Waals surface area contributed by atoms with Gasteiger partial charge in [0.05, 0.1) is 28.4 Å². The van der Waals surface area contributed by atoms with Crippen LogP contribution in [0.25, 0.3) is 0 Å². The predicted molar refractivity (Wildman–Crippen MR) is 73.6 cm³/mol. The first kappa shape index (κ1) is 14.0. The first-order valence-corrected chi connectivity index (χ1v) is 7.74. The van der Waals surface area contributed by atoms with E-state index in [1.165, 1.54) is 10.9 Å². The van der Waals surface area contributed by atoms with Gasteiger partial charge in [0.25, 0.3) is 0 Å². The van der Waals surface area contributed by atoms with Gasteiger partial charge in [0, 0.05) is 12.7 Å². The third kappa shape index (κ3) is 3.56. The van der Waals surface area contributed by atoms with E-state index in [4.69, 9.17) is 17.3 Å². The molecule has 0 amide bonds. The Morgan fingerprint density at radius 3 is 2.47 bits per heavy atom. The largest absolute Gasteiger partial charge is 0.326 e. The Bertz CT molecular complexity index is 650. The van der Waals surface area contributed by atoms with Crippen molar-refractivity contribution in [1.29, 1.82) is 0 Å². The average Bonchev–Trinajstić information content (AvgIpc) is 2.82. The fourth-order valence-corrected chi connectivity index (χ4v) is 3.00. The van der Waals surface area contributed by atoms with Crippen LogP contribution in [0.15, 0.2) is 41.6 Å². The zero-order valence-electron chi connectivity index (χ0n) is 10.2. The van der Waals surface area contributed by atoms with Crippen LogP contribution in [-0.2, 0) is 22.9 Å². The fraction of sp³-hybridized carbons (Fsp3) is 0.250. The maximum absolute atomic E-state index is 12.1. The molecule has 0 saturated heterocycles. The summed E-state index contributed by atoms with van der Waals surface area (Å²) in [6.07, 6.45) is 3.07. The Balaban J connectivity index is 2.09. The molecule has 0 aliphatic carbocycles. The highest BCUT2D eigenvalue weighted by Crippen LogP contribution is 2.13. The molecule has 1 heterocycles. The second kappa shape index (κ2) is 5.73. The molecule has 102 valence electrons. The highest BCUT2D eigenvalue weighted by atomic mass is 35.5. The number of rotatable bonds is 5. The van der Waals surface area contributed by atoms with Crippen LogP contribution in [0.4, 0.5) is 0 Å². The van der Waals surface area contributed by atoms with Crippen molar-refractivity contribution >= 4 is 21.4 Å². The number of hydrogen-bond donors (Lipinski definition) is 1. The molecule has 1 aromatic carbocycles. The van der Waals surface area contributed by atoms with E-state index < -0.39 is 9.84 Å². The average molecular weight is 300 g/mol. The molecular formula is C12H14ClN3O2S. The maximum Gasteiger partial charge on any atom is 0.180 e. The van der Waals surface area contributed by atoms with Crippen molar-refractivity contribution in [3.05, 3.63) is 47.2 Å². The molecule has 19 heavy (non-hydrogen) atoms. The molecule has 2 rings (SSSR count). The number of benzene rings is 1. The molecule has 0 spiro atoms. The normalized spacial score (nSPS) is 11.7. The Labute approximate surface area is 116 Å². The Morgan fingerprint density at radius 1 is 1.26 bits per heavy atom. The number of aromatic nitrogens is 2. The second-order valence-electron chi connectivity index (χ2n) is 4.09. The summed E-state index contributed by atoms with van der Waals surface area (Å²) in [6, 6.07) is 6.59. The molecule has 0 unspecified atom stereocenters. The van der Waals surface area contributed by atoms with Crippen LogP contribution < -0.4 is 5.73 Å². The Kier molecular flexibility index (Phi) is 4.24. The minimum Gasteiger partial charge on any atom is -0.326 e. The van der Waals surface area contributed by atoms with E-state index >= 15 is 0 Å². The lowest BCUT2D eigenvalue weighted by Crippen LogP contribution is -2.13. The van der Waals surface area contributed by atoms with Crippen molar-refractivity contribution in [2.45, 2.75) is 18.0 Å². The zero-order valence-corrected chi connectivity index (χ0v) is 11.7. The van der Waals surface area contributed by atoms with Crippen molar-refractivity contribution < 1.29 is 8.42 Å². The van der Waals surface area contributed by atoms with E-state index in [1.807, 2.05) is 0 Å². The summed E-state index contributed by atoms with van der Waals surface area (Å²) in [5.74, 6) is -0.0209. The fourth-order valence-electron chi connectivity index (χ4n) is 1.63. The molecule has 0 atom stereocenters. The van der Waals surface area contributed by atoms with Crippen LogP contribution in [0.3, 0.4) is 0 Å². The smallest absolute Gasteiger partial charge is 0.180 e. The van der Waals surface area contributed by atoms with Crippen molar-refractivity contribution in [3.8, 4) is 0 Å². The number of nitrogens with zero attached hydrogens (tertiary/aromatic N) is 2. The summed E-state index contributed by atoms with van der Waals surface area (Å²) in [7, 11) is -3.32. The lowest BCUT2D eigenvalue weighted by Gasteiger charge is -2.05. The summed E-state index contributed by atoms with van der Waals surface area (Å²) in [4.78, 5) is 0.294. The van der Waals surface area contributed by atoms with Gasteiger partial charge in [-0.3, -0.25) is 4.68 Å². The zero-order chi connectivity index (χ0) is 13.9. The molecule has 1 aromatic heterocycles. The third-order valence-corrected chi connectivity index (χ3v) is 4.61. The lowest BCUT2D eigenvalue weighted by molar-refractivity contribution is 0.580. The summed E-state index contributed by atoms with van der Waals surface area (Å²) < 4.78 is 25.7. The molecular weight excluding hydrogens is 286 g/mol. The first-order valence-electron chi connectivity index (χ1n) is 5.71. The van der Waals surface area contributed by atoms with Gasteiger partial charge in [-0.15, -0.1) is 0 Å². The van der Waals surface area contributed by atoms with E-state index in [2.05, 4.69) is 5.10 Å². The van der Waals surface area contributed by atoms with E-state index in [0.29, 0.717) is 16.5 Å². The molecule has 0 aliphatic heterocycles. The molecule has 5 nitrogen and oxygen atoms in total. The van der Waals surface area contributed by atoms with Crippen molar-refractivity contribution in [3.63, 3.8) is 0 Å². The Morgan fingerprint density at radius 2 is 1.95 bits per heavy atom. The Hall–Kier alpha value is -1.37. The molecule has 0 saturated carbocycles. The molecule has 0 radical (unpaired) electrons. The van der Waals surface area contributed by atoms with Crippen LogP contribution in [-0.4, -0.2) is 24.0 Å². The number of sulfone groups is 1. The standard InChI is InChI=1S/C12H14ClN3O2S/c13-11-8-15-16(9-11)5-6-19(17,18)12-3-1-10(7-14)2-4-12/h1-4,8-9H,5-7,14H2. The van der Waals surface area contributed by atoms with Gasteiger partial charge in [0.15, 0.2) is 9.84 Å².